The summed E-state index contributed by atoms with van der Waals surface area (Å²) in [5.74, 6) is 0.134. The molecule has 0 saturated carbocycles. The minimum atomic E-state index is -4.20. The summed E-state index contributed by atoms with van der Waals surface area (Å²) < 4.78 is 46.2. The average Bonchev–Trinajstić information content (AvgIpc) is 2.75. The highest BCUT2D eigenvalue weighted by Gasteiger charge is 2.22. The minimum absolute atomic E-state index is 0.0185. The van der Waals surface area contributed by atoms with Crippen molar-refractivity contribution >= 4 is 33.3 Å². The largest absolute Gasteiger partial charge is 0.497 e. The molecule has 0 aromatic heterocycles. The molecule has 0 saturated heterocycles. The molecular weight excluding hydrogens is 427 g/mol. The predicted molar refractivity (Wildman–Crippen MR) is 115 cm³/mol. The highest BCUT2D eigenvalue weighted by molar-refractivity contribution is 7.92. The van der Waals surface area contributed by atoms with Crippen molar-refractivity contribution in [1.29, 1.82) is 0 Å². The van der Waals surface area contributed by atoms with Crippen molar-refractivity contribution in [3.63, 3.8) is 0 Å². The Morgan fingerprint density at radius 1 is 1.06 bits per heavy atom. The fourth-order valence-corrected chi connectivity index (χ4v) is 3.77. The molecule has 11 heteroatoms. The molecule has 0 aliphatic heterocycles. The van der Waals surface area contributed by atoms with E-state index in [4.69, 9.17) is 4.74 Å². The van der Waals surface area contributed by atoms with Crippen molar-refractivity contribution < 1.29 is 22.5 Å². The molecule has 0 spiro atoms. The van der Waals surface area contributed by atoms with Gasteiger partial charge in [-0.05, 0) is 48.0 Å². The van der Waals surface area contributed by atoms with Gasteiger partial charge in [-0.3, -0.25) is 20.3 Å². The molecule has 0 radical (unpaired) electrons. The number of anilines is 2. The van der Waals surface area contributed by atoms with E-state index in [0.717, 1.165) is 12.1 Å². The molecule has 31 heavy (non-hydrogen) atoms. The fourth-order valence-electron chi connectivity index (χ4n) is 2.53. The zero-order valence-electron chi connectivity index (χ0n) is 16.2. The lowest BCUT2D eigenvalue weighted by Gasteiger charge is -2.12. The summed E-state index contributed by atoms with van der Waals surface area (Å²) in [6, 6.07) is 14.9. The second-order valence-corrected chi connectivity index (χ2v) is 7.84. The number of rotatable bonds is 8. The lowest BCUT2D eigenvalue weighted by atomic mass is 10.2. The van der Waals surface area contributed by atoms with E-state index in [9.17, 15) is 22.9 Å². The Bertz CT molecular complexity index is 1210. The summed E-state index contributed by atoms with van der Waals surface area (Å²) in [6.45, 7) is 0. The van der Waals surface area contributed by atoms with Gasteiger partial charge in [0.05, 0.1) is 23.9 Å². The highest BCUT2D eigenvalue weighted by atomic mass is 32.2. The summed E-state index contributed by atoms with van der Waals surface area (Å²) >= 11 is 0. The normalized spacial score (nSPS) is 11.3. The number of sulfonamides is 1. The molecule has 0 aliphatic carbocycles. The molecule has 0 unspecified atom stereocenters. The van der Waals surface area contributed by atoms with Crippen molar-refractivity contribution in [2.75, 3.05) is 17.3 Å². The summed E-state index contributed by atoms with van der Waals surface area (Å²) in [6.07, 6.45) is 1.36. The third kappa shape index (κ3) is 5.54. The van der Waals surface area contributed by atoms with Gasteiger partial charge >= 0.3 is 0 Å². The Balaban J connectivity index is 1.91. The summed E-state index contributed by atoms with van der Waals surface area (Å²) in [5, 5.41) is 15.1. The first-order valence-electron chi connectivity index (χ1n) is 8.78. The van der Waals surface area contributed by atoms with Gasteiger partial charge in [-0.15, -0.1) is 0 Å². The van der Waals surface area contributed by atoms with E-state index in [2.05, 4.69) is 15.2 Å². The number of hydrogen-bond acceptors (Lipinski definition) is 7. The van der Waals surface area contributed by atoms with Crippen molar-refractivity contribution in [3.8, 4) is 5.75 Å². The monoisotopic (exact) mass is 444 g/mol. The van der Waals surface area contributed by atoms with E-state index in [1.807, 2.05) is 0 Å². The maximum atomic E-state index is 13.0. The van der Waals surface area contributed by atoms with Crippen molar-refractivity contribution in [2.45, 2.75) is 4.90 Å². The minimum Gasteiger partial charge on any atom is -0.497 e. The number of nitrogens with one attached hydrogen (secondary N) is 2. The predicted octanol–water partition coefficient (Wildman–Crippen LogP) is 3.99. The highest BCUT2D eigenvalue weighted by Crippen LogP contribution is 2.28. The van der Waals surface area contributed by atoms with Gasteiger partial charge in [-0.25, -0.2) is 12.8 Å². The number of nitro benzene ring substituents is 1. The average molecular weight is 444 g/mol. The Kier molecular flexibility index (Phi) is 6.46. The van der Waals surface area contributed by atoms with Crippen LogP contribution in [0.5, 0.6) is 5.75 Å². The number of hydrogen-bond donors (Lipinski definition) is 2. The quantitative estimate of drug-likeness (QED) is 0.308. The zero-order chi connectivity index (χ0) is 22.4. The number of nitro groups is 1. The van der Waals surface area contributed by atoms with Gasteiger partial charge in [-0.2, -0.15) is 5.10 Å². The molecule has 0 bridgehead atoms. The van der Waals surface area contributed by atoms with Crippen LogP contribution in [0.15, 0.2) is 76.7 Å². The second kappa shape index (κ2) is 9.22. The van der Waals surface area contributed by atoms with E-state index < -0.39 is 26.5 Å². The molecular formula is C20H17FN4O5S. The molecule has 160 valence electrons. The molecule has 2 N–H and O–H groups in total. The molecule has 3 rings (SSSR count). The van der Waals surface area contributed by atoms with Crippen LogP contribution >= 0.6 is 0 Å². The number of halogens is 1. The van der Waals surface area contributed by atoms with Crippen LogP contribution in [-0.4, -0.2) is 26.7 Å². The first-order chi connectivity index (χ1) is 14.8. The molecule has 3 aromatic rings. The smallest absolute Gasteiger partial charge is 0.270 e. The van der Waals surface area contributed by atoms with Crippen LogP contribution in [-0.2, 0) is 10.0 Å². The molecule has 0 heterocycles. The van der Waals surface area contributed by atoms with E-state index in [0.29, 0.717) is 11.3 Å². The summed E-state index contributed by atoms with van der Waals surface area (Å²) in [5.41, 5.74) is 3.00. The summed E-state index contributed by atoms with van der Waals surface area (Å²) in [7, 11) is -2.72. The molecule has 0 aliphatic rings. The van der Waals surface area contributed by atoms with Gasteiger partial charge < -0.3 is 4.74 Å². The van der Waals surface area contributed by atoms with Crippen LogP contribution < -0.4 is 14.9 Å². The van der Waals surface area contributed by atoms with Crippen molar-refractivity contribution in [1.82, 2.24) is 0 Å². The summed E-state index contributed by atoms with van der Waals surface area (Å²) in [4.78, 5) is 10.1. The zero-order valence-corrected chi connectivity index (χ0v) is 17.0. The lowest BCUT2D eigenvalue weighted by molar-refractivity contribution is -0.385. The fraction of sp³-hybridized carbons (Fsp3) is 0.0500. The van der Waals surface area contributed by atoms with Gasteiger partial charge in [0.25, 0.3) is 15.7 Å². The van der Waals surface area contributed by atoms with Crippen LogP contribution in [0.25, 0.3) is 0 Å². The van der Waals surface area contributed by atoms with Gasteiger partial charge in [0.1, 0.15) is 16.5 Å². The lowest BCUT2D eigenvalue weighted by Crippen LogP contribution is -2.15. The molecule has 0 amide bonds. The van der Waals surface area contributed by atoms with E-state index in [-0.39, 0.29) is 16.3 Å². The maximum Gasteiger partial charge on any atom is 0.270 e. The van der Waals surface area contributed by atoms with Crippen LogP contribution in [0.4, 0.5) is 21.5 Å². The number of nitrogens with zero attached hydrogens (tertiary/aromatic N) is 2. The van der Waals surface area contributed by atoms with Gasteiger partial charge in [0.15, 0.2) is 0 Å². The van der Waals surface area contributed by atoms with Crippen molar-refractivity contribution in [2.24, 2.45) is 5.10 Å². The first kappa shape index (κ1) is 21.7. The topological polar surface area (TPSA) is 123 Å². The molecule has 9 nitrogen and oxygen atoms in total. The third-order valence-corrected chi connectivity index (χ3v) is 5.50. The Morgan fingerprint density at radius 3 is 2.35 bits per heavy atom. The maximum absolute atomic E-state index is 13.0. The van der Waals surface area contributed by atoms with Crippen LogP contribution in [0.2, 0.25) is 0 Å². The van der Waals surface area contributed by atoms with Gasteiger partial charge in [0.2, 0.25) is 0 Å². The Labute approximate surface area is 177 Å². The van der Waals surface area contributed by atoms with Crippen LogP contribution in [0, 0.1) is 15.9 Å². The number of hydrazone groups is 1. The second-order valence-electron chi connectivity index (χ2n) is 6.19. The van der Waals surface area contributed by atoms with E-state index in [1.54, 1.807) is 12.1 Å². The Morgan fingerprint density at radius 2 is 1.74 bits per heavy atom. The standard InChI is InChI=1S/C20H17FN4O5S/c1-30-18-9-6-16(7-10-18)24-31(28,29)20-12-17(25(26)27)8-11-19(20)23-22-13-14-2-4-15(21)5-3-14/h2-13,23-24H,1H3/b22-13-. The number of benzene rings is 3. The number of ether oxygens (including phenoxy) is 1. The Hall–Kier alpha value is -3.99. The third-order valence-electron chi connectivity index (χ3n) is 4.08. The van der Waals surface area contributed by atoms with Crippen LogP contribution in [0.1, 0.15) is 5.56 Å². The van der Waals surface area contributed by atoms with Gasteiger partial charge in [-0.1, -0.05) is 12.1 Å². The molecule has 3 aromatic carbocycles. The molecule has 0 atom stereocenters. The number of methoxy groups -OCH3 is 1. The SMILES string of the molecule is COc1ccc(NS(=O)(=O)c2cc([N+](=O)[O-])ccc2N/N=C\c2ccc(F)cc2)cc1. The first-order valence-corrected chi connectivity index (χ1v) is 10.3. The van der Waals surface area contributed by atoms with E-state index in [1.165, 1.54) is 55.8 Å². The van der Waals surface area contributed by atoms with Gasteiger partial charge in [0, 0.05) is 17.8 Å². The molecule has 0 fully saturated rings. The van der Waals surface area contributed by atoms with Crippen LogP contribution in [0.3, 0.4) is 0 Å². The van der Waals surface area contributed by atoms with Crippen molar-refractivity contribution in [3.05, 3.63) is 88.2 Å². The van der Waals surface area contributed by atoms with E-state index >= 15 is 0 Å². The number of non-ortho nitro benzene ring substituents is 1.